The molecule has 0 spiro atoms. The molecule has 0 aliphatic carbocycles. The number of benzene rings is 1. The Balaban J connectivity index is 1.55. The Hall–Kier alpha value is -1.02. The molecule has 3 heterocycles. The fourth-order valence-electron chi connectivity index (χ4n) is 2.99. The quantitative estimate of drug-likeness (QED) is 0.846. The molecule has 4 rings (SSSR count). The van der Waals surface area contributed by atoms with Crippen LogP contribution < -0.4 is 4.72 Å². The van der Waals surface area contributed by atoms with Gasteiger partial charge in [0, 0.05) is 45.3 Å². The van der Waals surface area contributed by atoms with Crippen LogP contribution in [0.4, 0.5) is 4.39 Å². The molecule has 1 aromatic carbocycles. The van der Waals surface area contributed by atoms with Crippen molar-refractivity contribution >= 4 is 10.0 Å². The standard InChI is InChI=1S/C14H20FN3O2S/c15-13-3-1-12(2-4-13)11-21(19,20)16-9-14-10-17-5-7-18(14)8-6-17/h1-4,14,16H,5-11H2. The Kier molecular flexibility index (Phi) is 4.26. The summed E-state index contributed by atoms with van der Waals surface area (Å²) in [5.74, 6) is -0.465. The van der Waals surface area contributed by atoms with Crippen LogP contribution in [0.5, 0.6) is 0 Å². The van der Waals surface area contributed by atoms with Gasteiger partial charge in [-0.15, -0.1) is 0 Å². The second-order valence-corrected chi connectivity index (χ2v) is 7.53. The molecule has 7 heteroatoms. The summed E-state index contributed by atoms with van der Waals surface area (Å²) >= 11 is 0. The zero-order valence-electron chi connectivity index (χ0n) is 11.8. The fraction of sp³-hybridized carbons (Fsp3) is 0.571. The first-order valence-corrected chi connectivity index (χ1v) is 8.85. The van der Waals surface area contributed by atoms with E-state index < -0.39 is 10.0 Å². The maximum absolute atomic E-state index is 12.8. The molecule has 1 atom stereocenters. The molecule has 3 aliphatic rings. The summed E-state index contributed by atoms with van der Waals surface area (Å²) in [6.07, 6.45) is 0. The number of sulfonamides is 1. The van der Waals surface area contributed by atoms with Gasteiger partial charge >= 0.3 is 0 Å². The van der Waals surface area contributed by atoms with Crippen LogP contribution in [-0.2, 0) is 15.8 Å². The highest BCUT2D eigenvalue weighted by molar-refractivity contribution is 7.88. The Morgan fingerprint density at radius 1 is 1.14 bits per heavy atom. The van der Waals surface area contributed by atoms with Gasteiger partial charge in [0.25, 0.3) is 0 Å². The third kappa shape index (κ3) is 3.79. The van der Waals surface area contributed by atoms with Gasteiger partial charge in [-0.1, -0.05) is 12.1 Å². The summed E-state index contributed by atoms with van der Waals surface area (Å²) in [6.45, 7) is 5.57. The van der Waals surface area contributed by atoms with Crippen LogP contribution in [-0.4, -0.2) is 63.5 Å². The molecule has 3 saturated heterocycles. The number of hydrogen-bond donors (Lipinski definition) is 1. The summed E-state index contributed by atoms with van der Waals surface area (Å²) < 4.78 is 39.7. The van der Waals surface area contributed by atoms with Gasteiger partial charge in [0.15, 0.2) is 0 Å². The van der Waals surface area contributed by atoms with Crippen molar-refractivity contribution in [2.45, 2.75) is 11.8 Å². The first-order chi connectivity index (χ1) is 10.0. The minimum atomic E-state index is -3.38. The predicted octanol–water partition coefficient (Wildman–Crippen LogP) is 0.245. The monoisotopic (exact) mass is 313 g/mol. The summed E-state index contributed by atoms with van der Waals surface area (Å²) in [6, 6.07) is 5.84. The Bertz CT molecular complexity index is 583. The van der Waals surface area contributed by atoms with Crippen molar-refractivity contribution in [2.24, 2.45) is 0 Å². The van der Waals surface area contributed by atoms with E-state index in [0.717, 1.165) is 32.7 Å². The first kappa shape index (κ1) is 14.9. The number of nitrogens with zero attached hydrogens (tertiary/aromatic N) is 2. The van der Waals surface area contributed by atoms with E-state index in [9.17, 15) is 12.8 Å². The largest absolute Gasteiger partial charge is 0.299 e. The van der Waals surface area contributed by atoms with Crippen molar-refractivity contribution in [1.29, 1.82) is 0 Å². The van der Waals surface area contributed by atoms with Crippen molar-refractivity contribution in [3.63, 3.8) is 0 Å². The van der Waals surface area contributed by atoms with E-state index in [4.69, 9.17) is 0 Å². The Labute approximate surface area is 124 Å². The van der Waals surface area contributed by atoms with Gasteiger partial charge in [-0.05, 0) is 17.7 Å². The van der Waals surface area contributed by atoms with Gasteiger partial charge < -0.3 is 0 Å². The summed E-state index contributed by atoms with van der Waals surface area (Å²) in [7, 11) is -3.38. The van der Waals surface area contributed by atoms with Gasteiger partial charge in [-0.25, -0.2) is 17.5 Å². The molecular weight excluding hydrogens is 293 g/mol. The van der Waals surface area contributed by atoms with Gasteiger partial charge in [-0.2, -0.15) is 0 Å². The molecule has 0 saturated carbocycles. The highest BCUT2D eigenvalue weighted by Crippen LogP contribution is 2.15. The molecule has 1 N–H and O–H groups in total. The first-order valence-electron chi connectivity index (χ1n) is 7.20. The van der Waals surface area contributed by atoms with Crippen LogP contribution >= 0.6 is 0 Å². The average molecular weight is 313 g/mol. The molecule has 3 fully saturated rings. The van der Waals surface area contributed by atoms with E-state index in [1.807, 2.05) is 0 Å². The van der Waals surface area contributed by atoms with Crippen molar-refractivity contribution in [3.05, 3.63) is 35.6 Å². The maximum Gasteiger partial charge on any atom is 0.215 e. The van der Waals surface area contributed by atoms with Crippen LogP contribution in [0.1, 0.15) is 5.56 Å². The fourth-order valence-corrected chi connectivity index (χ4v) is 4.17. The molecule has 2 bridgehead atoms. The van der Waals surface area contributed by atoms with Crippen molar-refractivity contribution < 1.29 is 12.8 Å². The van der Waals surface area contributed by atoms with Crippen LogP contribution in [0.25, 0.3) is 0 Å². The number of halogens is 1. The highest BCUT2D eigenvalue weighted by Gasteiger charge is 2.32. The Morgan fingerprint density at radius 3 is 2.38 bits per heavy atom. The molecule has 21 heavy (non-hydrogen) atoms. The third-order valence-electron chi connectivity index (χ3n) is 4.20. The van der Waals surface area contributed by atoms with Gasteiger partial charge in [0.1, 0.15) is 5.82 Å². The second kappa shape index (κ2) is 6.00. The molecular formula is C14H20FN3O2S. The molecule has 1 aromatic rings. The van der Waals surface area contributed by atoms with Crippen LogP contribution in [0.15, 0.2) is 24.3 Å². The predicted molar refractivity (Wildman–Crippen MR) is 78.8 cm³/mol. The molecule has 5 nitrogen and oxygen atoms in total. The van der Waals surface area contributed by atoms with E-state index in [2.05, 4.69) is 14.5 Å². The summed E-state index contributed by atoms with van der Waals surface area (Å²) in [4.78, 5) is 4.72. The number of nitrogens with one attached hydrogen (secondary N) is 1. The van der Waals surface area contributed by atoms with E-state index in [1.165, 1.54) is 24.3 Å². The van der Waals surface area contributed by atoms with E-state index >= 15 is 0 Å². The van der Waals surface area contributed by atoms with Gasteiger partial charge in [0.2, 0.25) is 10.0 Å². The second-order valence-electron chi connectivity index (χ2n) is 5.72. The SMILES string of the molecule is O=S(=O)(Cc1ccc(F)cc1)NCC1CN2CCN1CC2. The van der Waals surface area contributed by atoms with Gasteiger partial charge in [-0.3, -0.25) is 9.80 Å². The van der Waals surface area contributed by atoms with Crippen molar-refractivity contribution in [3.8, 4) is 0 Å². The molecule has 3 aliphatic heterocycles. The zero-order valence-corrected chi connectivity index (χ0v) is 12.7. The molecule has 1 unspecified atom stereocenters. The van der Waals surface area contributed by atoms with E-state index in [-0.39, 0.29) is 17.6 Å². The highest BCUT2D eigenvalue weighted by atomic mass is 32.2. The average Bonchev–Trinajstić information content (AvgIpc) is 2.49. The van der Waals surface area contributed by atoms with Gasteiger partial charge in [0.05, 0.1) is 5.75 Å². The lowest BCUT2D eigenvalue weighted by molar-refractivity contribution is 0.0158. The normalized spacial score (nSPS) is 28.7. The van der Waals surface area contributed by atoms with Crippen molar-refractivity contribution in [2.75, 3.05) is 39.3 Å². The summed E-state index contributed by atoms with van der Waals surface area (Å²) in [5, 5.41) is 0. The lowest BCUT2D eigenvalue weighted by atomic mass is 10.1. The van der Waals surface area contributed by atoms with Crippen LogP contribution in [0.3, 0.4) is 0 Å². The van der Waals surface area contributed by atoms with E-state index in [1.54, 1.807) is 0 Å². The molecule has 0 radical (unpaired) electrons. The number of hydrogen-bond acceptors (Lipinski definition) is 4. The Morgan fingerprint density at radius 2 is 1.81 bits per heavy atom. The number of fused-ring (bicyclic) bond motifs is 3. The smallest absolute Gasteiger partial charge is 0.215 e. The van der Waals surface area contributed by atoms with E-state index in [0.29, 0.717) is 12.1 Å². The lowest BCUT2D eigenvalue weighted by Crippen LogP contribution is -2.63. The number of piperazine rings is 3. The summed E-state index contributed by atoms with van der Waals surface area (Å²) in [5.41, 5.74) is 0.595. The van der Waals surface area contributed by atoms with Crippen LogP contribution in [0.2, 0.25) is 0 Å². The minimum absolute atomic E-state index is 0.107. The van der Waals surface area contributed by atoms with Crippen molar-refractivity contribution in [1.82, 2.24) is 14.5 Å². The molecule has 0 aromatic heterocycles. The zero-order chi connectivity index (χ0) is 14.9. The number of rotatable bonds is 5. The lowest BCUT2D eigenvalue weighted by Gasteiger charge is -2.47. The topological polar surface area (TPSA) is 52.7 Å². The maximum atomic E-state index is 12.8. The molecule has 116 valence electrons. The van der Waals surface area contributed by atoms with Crippen LogP contribution in [0, 0.1) is 5.82 Å². The molecule has 0 amide bonds. The third-order valence-corrected chi connectivity index (χ3v) is 5.52. The minimum Gasteiger partial charge on any atom is -0.299 e.